The zero-order valence-electron chi connectivity index (χ0n) is 17.8. The van der Waals surface area contributed by atoms with Crippen molar-refractivity contribution in [3.63, 3.8) is 0 Å². The van der Waals surface area contributed by atoms with E-state index < -0.39 is 10.0 Å². The van der Waals surface area contributed by atoms with Gasteiger partial charge < -0.3 is 14.8 Å². The van der Waals surface area contributed by atoms with Gasteiger partial charge in [0.15, 0.2) is 11.5 Å². The number of amides is 1. The molecule has 0 aliphatic carbocycles. The number of nitrogens with zero attached hydrogens (tertiary/aromatic N) is 4. The summed E-state index contributed by atoms with van der Waals surface area (Å²) in [5.41, 5.74) is 0.593. The lowest BCUT2D eigenvalue weighted by Crippen LogP contribution is -2.41. The summed E-state index contributed by atoms with van der Waals surface area (Å²) >= 11 is 0. The molecule has 33 heavy (non-hydrogen) atoms. The van der Waals surface area contributed by atoms with E-state index in [0.29, 0.717) is 49.1 Å². The van der Waals surface area contributed by atoms with E-state index in [2.05, 4.69) is 15.3 Å². The minimum atomic E-state index is -3.68. The summed E-state index contributed by atoms with van der Waals surface area (Å²) in [6.07, 6.45) is 7.57. The van der Waals surface area contributed by atoms with Gasteiger partial charge in [-0.2, -0.15) is 4.31 Å². The van der Waals surface area contributed by atoms with Crippen LogP contribution in [0.15, 0.2) is 60.1 Å². The summed E-state index contributed by atoms with van der Waals surface area (Å²) in [7, 11) is -3.68. The second-order valence-corrected chi connectivity index (χ2v) is 9.79. The summed E-state index contributed by atoms with van der Waals surface area (Å²) < 4.78 is 40.3. The largest absolute Gasteiger partial charge is 0.486 e. The lowest BCUT2D eigenvalue weighted by Gasteiger charge is -2.30. The first-order valence-corrected chi connectivity index (χ1v) is 12.1. The minimum Gasteiger partial charge on any atom is -0.486 e. The number of piperidine rings is 1. The Kier molecular flexibility index (Phi) is 5.73. The number of anilines is 1. The maximum atomic E-state index is 13.1. The van der Waals surface area contributed by atoms with E-state index in [0.717, 1.165) is 0 Å². The quantitative estimate of drug-likeness (QED) is 0.608. The minimum absolute atomic E-state index is 0.136. The molecule has 1 fully saturated rings. The maximum absolute atomic E-state index is 13.1. The third-order valence-corrected chi connectivity index (χ3v) is 7.66. The molecule has 0 bridgehead atoms. The van der Waals surface area contributed by atoms with E-state index >= 15 is 0 Å². The van der Waals surface area contributed by atoms with Crippen LogP contribution in [0, 0.1) is 5.92 Å². The van der Waals surface area contributed by atoms with Crippen LogP contribution >= 0.6 is 0 Å². The number of carbonyl (C=O) groups excluding carboxylic acids is 1. The molecule has 10 nitrogen and oxygen atoms in total. The van der Waals surface area contributed by atoms with E-state index in [1.165, 1.54) is 16.4 Å². The predicted molar refractivity (Wildman–Crippen MR) is 119 cm³/mol. The van der Waals surface area contributed by atoms with Crippen molar-refractivity contribution in [2.24, 2.45) is 5.92 Å². The third kappa shape index (κ3) is 4.41. The number of pyridine rings is 1. The molecule has 1 amide bonds. The molecule has 0 atom stereocenters. The first kappa shape index (κ1) is 21.4. The van der Waals surface area contributed by atoms with Gasteiger partial charge in [0.05, 0.1) is 16.8 Å². The zero-order chi connectivity index (χ0) is 22.8. The maximum Gasteiger partial charge on any atom is 0.243 e. The molecule has 0 radical (unpaired) electrons. The van der Waals surface area contributed by atoms with Gasteiger partial charge in [-0.3, -0.25) is 9.36 Å². The molecule has 0 spiro atoms. The van der Waals surface area contributed by atoms with Gasteiger partial charge in [0.1, 0.15) is 25.4 Å². The Labute approximate surface area is 191 Å². The number of benzene rings is 1. The van der Waals surface area contributed by atoms with Crippen LogP contribution in [0.5, 0.6) is 11.5 Å². The number of fused-ring (bicyclic) bond motifs is 1. The van der Waals surface area contributed by atoms with Gasteiger partial charge in [-0.1, -0.05) is 0 Å². The molecular formula is C22H23N5O5S. The van der Waals surface area contributed by atoms with Crippen molar-refractivity contribution in [1.82, 2.24) is 18.8 Å². The molecule has 1 N–H and O–H groups in total. The van der Waals surface area contributed by atoms with Crippen molar-refractivity contribution in [3.05, 3.63) is 55.2 Å². The monoisotopic (exact) mass is 469 g/mol. The molecule has 3 aromatic rings. The van der Waals surface area contributed by atoms with Crippen molar-refractivity contribution in [2.45, 2.75) is 17.7 Å². The average Bonchev–Trinajstić information content (AvgIpc) is 3.39. The summed E-state index contributed by atoms with van der Waals surface area (Å²) in [6, 6.07) is 8.22. The van der Waals surface area contributed by atoms with Crippen molar-refractivity contribution in [3.8, 4) is 17.3 Å². The molecule has 1 aromatic carbocycles. The molecule has 0 saturated carbocycles. The van der Waals surface area contributed by atoms with E-state index in [9.17, 15) is 13.2 Å². The van der Waals surface area contributed by atoms with Crippen LogP contribution in [-0.2, 0) is 14.8 Å². The fourth-order valence-electron chi connectivity index (χ4n) is 3.94. The third-order valence-electron chi connectivity index (χ3n) is 5.76. The fourth-order valence-corrected chi connectivity index (χ4v) is 5.43. The number of ether oxygens (including phenoxy) is 2. The van der Waals surface area contributed by atoms with E-state index in [1.807, 2.05) is 0 Å². The van der Waals surface area contributed by atoms with Gasteiger partial charge in [0, 0.05) is 37.5 Å². The number of aromatic nitrogens is 3. The lowest BCUT2D eigenvalue weighted by atomic mass is 9.97. The highest BCUT2D eigenvalue weighted by Crippen LogP contribution is 2.34. The summed E-state index contributed by atoms with van der Waals surface area (Å²) in [5.74, 6) is 1.27. The Bertz CT molecular complexity index is 1240. The second kappa shape index (κ2) is 8.83. The standard InChI is InChI=1S/C22H23N5O5S/c28-22(25-17-1-4-21(24-14-17)26-10-7-23-15-26)16-5-8-27(9-6-16)33(29,30)18-2-3-19-20(13-18)32-12-11-31-19/h1-4,7,10,13-16H,5-6,8-9,11-12H2,(H,25,28). The van der Waals surface area contributed by atoms with E-state index in [-0.39, 0.29) is 29.8 Å². The first-order valence-electron chi connectivity index (χ1n) is 10.7. The van der Waals surface area contributed by atoms with Crippen molar-refractivity contribution >= 4 is 21.6 Å². The van der Waals surface area contributed by atoms with Crippen LogP contribution in [0.1, 0.15) is 12.8 Å². The van der Waals surface area contributed by atoms with Gasteiger partial charge in [-0.05, 0) is 37.1 Å². The molecule has 2 aromatic heterocycles. The summed E-state index contributed by atoms with van der Waals surface area (Å²) in [6.45, 7) is 1.37. The number of hydrogen-bond donors (Lipinski definition) is 1. The molecule has 2 aliphatic rings. The Morgan fingerprint density at radius 3 is 2.55 bits per heavy atom. The van der Waals surface area contributed by atoms with Gasteiger partial charge in [-0.15, -0.1) is 0 Å². The topological polar surface area (TPSA) is 116 Å². The van der Waals surface area contributed by atoms with Gasteiger partial charge in [0.25, 0.3) is 0 Å². The lowest BCUT2D eigenvalue weighted by molar-refractivity contribution is -0.120. The highest BCUT2D eigenvalue weighted by molar-refractivity contribution is 7.89. The Hall–Kier alpha value is -3.44. The highest BCUT2D eigenvalue weighted by Gasteiger charge is 2.33. The van der Waals surface area contributed by atoms with Gasteiger partial charge >= 0.3 is 0 Å². The number of rotatable bonds is 5. The van der Waals surface area contributed by atoms with Crippen LogP contribution in [0.4, 0.5) is 5.69 Å². The highest BCUT2D eigenvalue weighted by atomic mass is 32.2. The molecule has 0 unspecified atom stereocenters. The van der Waals surface area contributed by atoms with Crippen LogP contribution < -0.4 is 14.8 Å². The van der Waals surface area contributed by atoms with E-state index in [1.54, 1.807) is 47.7 Å². The first-order chi connectivity index (χ1) is 16.0. The van der Waals surface area contributed by atoms with Crippen molar-refractivity contribution in [1.29, 1.82) is 0 Å². The van der Waals surface area contributed by atoms with Crippen LogP contribution in [0.25, 0.3) is 5.82 Å². The number of sulfonamides is 1. The Balaban J connectivity index is 1.19. The average molecular weight is 470 g/mol. The smallest absolute Gasteiger partial charge is 0.243 e. The number of nitrogens with one attached hydrogen (secondary N) is 1. The summed E-state index contributed by atoms with van der Waals surface area (Å²) in [4.78, 5) is 21.2. The van der Waals surface area contributed by atoms with Gasteiger partial charge in [0.2, 0.25) is 15.9 Å². The molecule has 172 valence electrons. The van der Waals surface area contributed by atoms with E-state index in [4.69, 9.17) is 9.47 Å². The summed E-state index contributed by atoms with van der Waals surface area (Å²) in [5, 5.41) is 2.88. The SMILES string of the molecule is O=C(Nc1ccc(-n2ccnc2)nc1)C1CCN(S(=O)(=O)c2ccc3c(c2)OCCO3)CC1. The van der Waals surface area contributed by atoms with Crippen LogP contribution in [0.3, 0.4) is 0 Å². The predicted octanol–water partition coefficient (Wildman–Crippen LogP) is 2.08. The number of carbonyl (C=O) groups is 1. The van der Waals surface area contributed by atoms with Crippen molar-refractivity contribution < 1.29 is 22.7 Å². The second-order valence-electron chi connectivity index (χ2n) is 7.85. The Morgan fingerprint density at radius 1 is 1.06 bits per heavy atom. The molecule has 1 saturated heterocycles. The van der Waals surface area contributed by atoms with Crippen LogP contribution in [0.2, 0.25) is 0 Å². The van der Waals surface area contributed by atoms with Crippen LogP contribution in [-0.4, -0.2) is 59.5 Å². The number of imidazole rings is 1. The van der Waals surface area contributed by atoms with Crippen molar-refractivity contribution in [2.75, 3.05) is 31.6 Å². The van der Waals surface area contributed by atoms with Gasteiger partial charge in [-0.25, -0.2) is 18.4 Å². The molecule has 2 aliphatic heterocycles. The number of hydrogen-bond acceptors (Lipinski definition) is 7. The molecule has 4 heterocycles. The normalized spacial score (nSPS) is 17.0. The fraction of sp³-hybridized carbons (Fsp3) is 0.318. The molecular weight excluding hydrogens is 446 g/mol. The molecule has 11 heteroatoms. The Morgan fingerprint density at radius 2 is 1.85 bits per heavy atom. The zero-order valence-corrected chi connectivity index (χ0v) is 18.6. The molecule has 5 rings (SSSR count).